The van der Waals surface area contributed by atoms with Crippen LogP contribution in [0.3, 0.4) is 0 Å². The SMILES string of the molecule is CC=CCCCCCC#CC(C)O. The first-order valence-electron chi connectivity index (χ1n) is 5.05. The average molecular weight is 180 g/mol. The van der Waals surface area contributed by atoms with Crippen LogP contribution in [0.15, 0.2) is 12.2 Å². The van der Waals surface area contributed by atoms with E-state index in [0.717, 1.165) is 12.8 Å². The fourth-order valence-corrected chi connectivity index (χ4v) is 1.04. The lowest BCUT2D eigenvalue weighted by atomic mass is 10.1. The lowest BCUT2D eigenvalue weighted by molar-refractivity contribution is 0.253. The summed E-state index contributed by atoms with van der Waals surface area (Å²) >= 11 is 0. The summed E-state index contributed by atoms with van der Waals surface area (Å²) in [5.74, 6) is 5.70. The van der Waals surface area contributed by atoms with Gasteiger partial charge in [0.1, 0.15) is 6.10 Å². The normalized spacial score (nSPS) is 12.5. The number of allylic oxidation sites excluding steroid dienone is 2. The fraction of sp³-hybridized carbons (Fsp3) is 0.667. The van der Waals surface area contributed by atoms with Crippen LogP contribution in [0.4, 0.5) is 0 Å². The fourth-order valence-electron chi connectivity index (χ4n) is 1.04. The van der Waals surface area contributed by atoms with Gasteiger partial charge in [-0.1, -0.05) is 24.5 Å². The van der Waals surface area contributed by atoms with Crippen LogP contribution in [0.2, 0.25) is 0 Å². The third-order valence-corrected chi connectivity index (χ3v) is 1.72. The van der Waals surface area contributed by atoms with Crippen molar-refractivity contribution in [3.8, 4) is 11.8 Å². The zero-order chi connectivity index (χ0) is 9.94. The van der Waals surface area contributed by atoms with Gasteiger partial charge >= 0.3 is 0 Å². The molecular formula is C12H20O. The second-order valence-electron chi connectivity index (χ2n) is 3.17. The van der Waals surface area contributed by atoms with Crippen molar-refractivity contribution in [2.75, 3.05) is 0 Å². The molecule has 0 amide bonds. The molecule has 0 spiro atoms. The van der Waals surface area contributed by atoms with Crippen LogP contribution in [-0.2, 0) is 0 Å². The van der Waals surface area contributed by atoms with Gasteiger partial charge in [0.2, 0.25) is 0 Å². The molecule has 0 saturated heterocycles. The zero-order valence-electron chi connectivity index (χ0n) is 8.71. The van der Waals surface area contributed by atoms with E-state index < -0.39 is 6.10 Å². The van der Waals surface area contributed by atoms with E-state index in [4.69, 9.17) is 5.11 Å². The number of hydrogen-bond donors (Lipinski definition) is 1. The average Bonchev–Trinajstić information content (AvgIpc) is 2.09. The largest absolute Gasteiger partial charge is 0.381 e. The first kappa shape index (κ1) is 12.3. The number of aliphatic hydroxyl groups excluding tert-OH is 1. The third-order valence-electron chi connectivity index (χ3n) is 1.72. The Balaban J connectivity index is 3.14. The second-order valence-corrected chi connectivity index (χ2v) is 3.17. The maximum atomic E-state index is 8.84. The van der Waals surface area contributed by atoms with Gasteiger partial charge < -0.3 is 5.11 Å². The van der Waals surface area contributed by atoms with E-state index in [1.54, 1.807) is 6.92 Å². The molecule has 0 aliphatic carbocycles. The highest BCUT2D eigenvalue weighted by Crippen LogP contribution is 2.02. The predicted molar refractivity (Wildman–Crippen MR) is 57.4 cm³/mol. The summed E-state index contributed by atoms with van der Waals surface area (Å²) in [4.78, 5) is 0. The molecule has 0 rings (SSSR count). The summed E-state index contributed by atoms with van der Waals surface area (Å²) in [7, 11) is 0. The van der Waals surface area contributed by atoms with Crippen LogP contribution in [0.5, 0.6) is 0 Å². The summed E-state index contributed by atoms with van der Waals surface area (Å²) in [6, 6.07) is 0. The minimum atomic E-state index is -0.469. The van der Waals surface area contributed by atoms with Crippen molar-refractivity contribution in [3.05, 3.63) is 12.2 Å². The molecule has 1 atom stereocenters. The molecule has 1 heteroatoms. The summed E-state index contributed by atoms with van der Waals surface area (Å²) < 4.78 is 0. The molecule has 0 aromatic rings. The molecule has 1 unspecified atom stereocenters. The molecule has 0 aliphatic rings. The van der Waals surface area contributed by atoms with Gasteiger partial charge in [-0.15, -0.1) is 5.92 Å². The van der Waals surface area contributed by atoms with Crippen molar-refractivity contribution in [1.29, 1.82) is 0 Å². The smallest absolute Gasteiger partial charge is 0.111 e. The van der Waals surface area contributed by atoms with E-state index >= 15 is 0 Å². The Morgan fingerprint density at radius 1 is 1.31 bits per heavy atom. The number of rotatable bonds is 5. The van der Waals surface area contributed by atoms with Crippen molar-refractivity contribution < 1.29 is 5.11 Å². The van der Waals surface area contributed by atoms with Crippen molar-refractivity contribution in [1.82, 2.24) is 0 Å². The molecule has 13 heavy (non-hydrogen) atoms. The second kappa shape index (κ2) is 9.35. The molecule has 74 valence electrons. The van der Waals surface area contributed by atoms with E-state index in [0.29, 0.717) is 0 Å². The van der Waals surface area contributed by atoms with Crippen LogP contribution in [-0.4, -0.2) is 11.2 Å². The number of hydrogen-bond acceptors (Lipinski definition) is 1. The maximum Gasteiger partial charge on any atom is 0.111 e. The Labute approximate surface area is 81.9 Å². The van der Waals surface area contributed by atoms with Gasteiger partial charge in [-0.05, 0) is 33.1 Å². The van der Waals surface area contributed by atoms with Crippen LogP contribution in [0.1, 0.15) is 46.0 Å². The minimum Gasteiger partial charge on any atom is -0.381 e. The van der Waals surface area contributed by atoms with Crippen LogP contribution in [0.25, 0.3) is 0 Å². The van der Waals surface area contributed by atoms with E-state index in [2.05, 4.69) is 24.0 Å². The predicted octanol–water partition coefficient (Wildman–Crippen LogP) is 2.90. The molecule has 1 nitrogen and oxygen atoms in total. The molecule has 0 aromatic heterocycles. The summed E-state index contributed by atoms with van der Waals surface area (Å²) in [5, 5.41) is 8.84. The third kappa shape index (κ3) is 11.3. The molecule has 0 heterocycles. The lowest BCUT2D eigenvalue weighted by Gasteiger charge is -1.93. The molecule has 0 aliphatic heterocycles. The monoisotopic (exact) mass is 180 g/mol. The van der Waals surface area contributed by atoms with E-state index in [1.165, 1.54) is 19.3 Å². The summed E-state index contributed by atoms with van der Waals surface area (Å²) in [5.41, 5.74) is 0. The Bertz CT molecular complexity index is 181. The van der Waals surface area contributed by atoms with Crippen molar-refractivity contribution in [3.63, 3.8) is 0 Å². The van der Waals surface area contributed by atoms with Gasteiger partial charge in [-0.2, -0.15) is 0 Å². The maximum absolute atomic E-state index is 8.84. The quantitative estimate of drug-likeness (QED) is 0.392. The topological polar surface area (TPSA) is 20.2 Å². The van der Waals surface area contributed by atoms with Gasteiger partial charge in [0.05, 0.1) is 0 Å². The van der Waals surface area contributed by atoms with Gasteiger partial charge in [0.25, 0.3) is 0 Å². The molecule has 0 radical (unpaired) electrons. The van der Waals surface area contributed by atoms with E-state index in [-0.39, 0.29) is 0 Å². The van der Waals surface area contributed by atoms with Crippen LogP contribution in [0, 0.1) is 11.8 Å². The Hall–Kier alpha value is -0.740. The van der Waals surface area contributed by atoms with Crippen LogP contribution < -0.4 is 0 Å². The molecule has 0 bridgehead atoms. The molecule has 0 fully saturated rings. The standard InChI is InChI=1S/C12H20O/c1-3-4-5-6-7-8-9-10-11-12(2)13/h3-4,12-13H,5-9H2,1-2H3. The van der Waals surface area contributed by atoms with Crippen molar-refractivity contribution in [2.45, 2.75) is 52.1 Å². The molecule has 1 N–H and O–H groups in total. The Morgan fingerprint density at radius 3 is 2.69 bits per heavy atom. The first-order chi connectivity index (χ1) is 6.27. The van der Waals surface area contributed by atoms with Crippen LogP contribution >= 0.6 is 0 Å². The minimum absolute atomic E-state index is 0.469. The van der Waals surface area contributed by atoms with Crippen molar-refractivity contribution >= 4 is 0 Å². The number of aliphatic hydroxyl groups is 1. The summed E-state index contributed by atoms with van der Waals surface area (Å²) in [6.45, 7) is 3.74. The lowest BCUT2D eigenvalue weighted by Crippen LogP contribution is -1.92. The highest BCUT2D eigenvalue weighted by molar-refractivity contribution is 5.02. The molecular weight excluding hydrogens is 160 g/mol. The van der Waals surface area contributed by atoms with E-state index in [1.807, 2.05) is 6.92 Å². The highest BCUT2D eigenvalue weighted by atomic mass is 16.3. The van der Waals surface area contributed by atoms with Gasteiger partial charge in [-0.25, -0.2) is 0 Å². The number of unbranched alkanes of at least 4 members (excludes halogenated alkanes) is 4. The van der Waals surface area contributed by atoms with Gasteiger partial charge in [0.15, 0.2) is 0 Å². The van der Waals surface area contributed by atoms with Gasteiger partial charge in [0, 0.05) is 6.42 Å². The first-order valence-corrected chi connectivity index (χ1v) is 5.05. The Morgan fingerprint density at radius 2 is 2.08 bits per heavy atom. The summed E-state index contributed by atoms with van der Waals surface area (Å²) in [6.07, 6.45) is 9.55. The molecule has 0 saturated carbocycles. The highest BCUT2D eigenvalue weighted by Gasteiger charge is 1.86. The zero-order valence-corrected chi connectivity index (χ0v) is 8.71. The Kier molecular flexibility index (Phi) is 8.82. The van der Waals surface area contributed by atoms with Crippen molar-refractivity contribution in [2.24, 2.45) is 0 Å². The van der Waals surface area contributed by atoms with E-state index in [9.17, 15) is 0 Å². The molecule has 0 aromatic carbocycles. The van der Waals surface area contributed by atoms with Gasteiger partial charge in [-0.3, -0.25) is 0 Å².